The zero-order valence-corrected chi connectivity index (χ0v) is 14.5. The van der Waals surface area contributed by atoms with Gasteiger partial charge >= 0.3 is 0 Å². The maximum atomic E-state index is 12.3. The lowest BCUT2D eigenvalue weighted by atomic mass is 9.94. The summed E-state index contributed by atoms with van der Waals surface area (Å²) in [6.07, 6.45) is 1.70. The molecule has 0 aromatic heterocycles. The Morgan fingerprint density at radius 3 is 2.50 bits per heavy atom. The molecule has 0 saturated carbocycles. The number of nitrogens with one attached hydrogen (secondary N) is 1. The Morgan fingerprint density at radius 1 is 1.32 bits per heavy atom. The van der Waals surface area contributed by atoms with Crippen molar-refractivity contribution in [3.63, 3.8) is 0 Å². The highest BCUT2D eigenvalue weighted by molar-refractivity contribution is 6.42. The molecule has 1 aliphatic rings. The van der Waals surface area contributed by atoms with Gasteiger partial charge < -0.3 is 16.0 Å². The maximum Gasteiger partial charge on any atom is 0.227 e. The average molecular weight is 344 g/mol. The smallest absolute Gasteiger partial charge is 0.227 e. The number of hydrogen-bond donors (Lipinski definition) is 2. The van der Waals surface area contributed by atoms with Gasteiger partial charge in [0.05, 0.1) is 10.0 Å². The first-order valence-corrected chi connectivity index (χ1v) is 8.27. The van der Waals surface area contributed by atoms with Crippen LogP contribution in [0.3, 0.4) is 0 Å². The van der Waals surface area contributed by atoms with Crippen molar-refractivity contribution in [2.24, 2.45) is 11.7 Å². The van der Waals surface area contributed by atoms with E-state index in [1.807, 2.05) is 13.8 Å². The van der Waals surface area contributed by atoms with Crippen LogP contribution in [-0.4, -0.2) is 36.0 Å². The summed E-state index contributed by atoms with van der Waals surface area (Å²) in [6.45, 7) is 6.71. The molecule has 1 aromatic rings. The molecule has 4 nitrogen and oxygen atoms in total. The van der Waals surface area contributed by atoms with Crippen LogP contribution < -0.4 is 11.1 Å². The van der Waals surface area contributed by atoms with Gasteiger partial charge in [-0.25, -0.2) is 0 Å². The molecule has 0 aliphatic carbocycles. The van der Waals surface area contributed by atoms with Crippen LogP contribution >= 0.6 is 23.2 Å². The van der Waals surface area contributed by atoms with E-state index in [1.165, 1.54) is 0 Å². The van der Waals surface area contributed by atoms with Crippen molar-refractivity contribution in [2.75, 3.05) is 25.0 Å². The summed E-state index contributed by atoms with van der Waals surface area (Å²) < 4.78 is 0. The molecular formula is C16H23Cl2N3O. The van der Waals surface area contributed by atoms with Crippen molar-refractivity contribution >= 4 is 34.8 Å². The molecule has 1 saturated heterocycles. The Bertz CT molecular complexity index is 535. The molecule has 6 heteroatoms. The third-order valence-electron chi connectivity index (χ3n) is 3.78. The predicted octanol–water partition coefficient (Wildman–Crippen LogP) is 3.38. The van der Waals surface area contributed by atoms with Gasteiger partial charge in [-0.15, -0.1) is 0 Å². The second-order valence-corrected chi connectivity index (χ2v) is 7.47. The van der Waals surface area contributed by atoms with E-state index < -0.39 is 0 Å². The van der Waals surface area contributed by atoms with Crippen LogP contribution in [-0.2, 0) is 4.79 Å². The van der Waals surface area contributed by atoms with Gasteiger partial charge in [-0.2, -0.15) is 0 Å². The van der Waals surface area contributed by atoms with Gasteiger partial charge in [0.1, 0.15) is 0 Å². The number of amides is 1. The molecule has 2 rings (SSSR count). The molecule has 0 bridgehead atoms. The lowest BCUT2D eigenvalue weighted by molar-refractivity contribution is -0.121. The number of nitrogens with two attached hydrogens (primary N) is 1. The maximum absolute atomic E-state index is 12.3. The van der Waals surface area contributed by atoms with Gasteiger partial charge in [-0.05, 0) is 58.0 Å². The molecule has 3 N–H and O–H groups in total. The molecule has 1 fully saturated rings. The van der Waals surface area contributed by atoms with Crippen molar-refractivity contribution in [3.05, 3.63) is 28.2 Å². The molecular weight excluding hydrogens is 321 g/mol. The van der Waals surface area contributed by atoms with Gasteiger partial charge in [0.25, 0.3) is 0 Å². The molecule has 122 valence electrons. The monoisotopic (exact) mass is 343 g/mol. The normalized spacial score (nSPS) is 17.5. The molecule has 1 amide bonds. The van der Waals surface area contributed by atoms with E-state index in [1.54, 1.807) is 18.2 Å². The Hall–Kier alpha value is -0.810. The van der Waals surface area contributed by atoms with E-state index in [9.17, 15) is 4.79 Å². The lowest BCUT2D eigenvalue weighted by Crippen LogP contribution is -2.48. The van der Waals surface area contributed by atoms with Crippen molar-refractivity contribution in [2.45, 2.75) is 32.2 Å². The van der Waals surface area contributed by atoms with Crippen LogP contribution in [0.5, 0.6) is 0 Å². The highest BCUT2D eigenvalue weighted by atomic mass is 35.5. The fourth-order valence-corrected chi connectivity index (χ4v) is 3.05. The van der Waals surface area contributed by atoms with E-state index in [4.69, 9.17) is 28.9 Å². The van der Waals surface area contributed by atoms with Gasteiger partial charge in [0.15, 0.2) is 0 Å². The third kappa shape index (κ3) is 5.13. The van der Waals surface area contributed by atoms with Gasteiger partial charge in [-0.1, -0.05) is 23.2 Å². The number of halogens is 2. The summed E-state index contributed by atoms with van der Waals surface area (Å²) in [5.74, 6) is 0.0802. The second-order valence-electron chi connectivity index (χ2n) is 6.66. The number of rotatable bonds is 4. The zero-order valence-electron chi connectivity index (χ0n) is 13.0. The lowest BCUT2D eigenvalue weighted by Gasteiger charge is -2.35. The largest absolute Gasteiger partial charge is 0.326 e. The van der Waals surface area contributed by atoms with Gasteiger partial charge in [0.2, 0.25) is 5.91 Å². The minimum atomic E-state index is -0.199. The summed E-state index contributed by atoms with van der Waals surface area (Å²) >= 11 is 11.8. The molecule has 0 atom stereocenters. The van der Waals surface area contributed by atoms with Crippen LogP contribution in [0.25, 0.3) is 0 Å². The number of benzene rings is 1. The highest BCUT2D eigenvalue weighted by Gasteiger charge is 2.27. The Balaban J connectivity index is 1.86. The summed E-state index contributed by atoms with van der Waals surface area (Å²) in [6, 6.07) is 5.12. The SMILES string of the molecule is CC(C)(N)CN1CCC(C(=O)Nc2ccc(Cl)c(Cl)c2)CC1. The van der Waals surface area contributed by atoms with Gasteiger partial charge in [0, 0.05) is 23.7 Å². The molecule has 22 heavy (non-hydrogen) atoms. The first-order chi connectivity index (χ1) is 10.2. The number of carbonyl (C=O) groups excluding carboxylic acids is 1. The minimum absolute atomic E-state index is 0.0339. The van der Waals surface area contributed by atoms with E-state index >= 15 is 0 Å². The zero-order chi connectivity index (χ0) is 16.3. The minimum Gasteiger partial charge on any atom is -0.326 e. The topological polar surface area (TPSA) is 58.4 Å². The summed E-state index contributed by atoms with van der Waals surface area (Å²) in [7, 11) is 0. The number of likely N-dealkylation sites (tertiary alicyclic amines) is 1. The number of nitrogens with zero attached hydrogens (tertiary/aromatic N) is 1. The first-order valence-electron chi connectivity index (χ1n) is 7.52. The average Bonchev–Trinajstić information content (AvgIpc) is 2.42. The molecule has 0 unspecified atom stereocenters. The summed E-state index contributed by atoms with van der Waals surface area (Å²) in [5, 5.41) is 3.85. The number of hydrogen-bond acceptors (Lipinski definition) is 3. The van der Waals surface area contributed by atoms with E-state index in [0.29, 0.717) is 15.7 Å². The van der Waals surface area contributed by atoms with Crippen molar-refractivity contribution in [3.8, 4) is 0 Å². The van der Waals surface area contributed by atoms with Gasteiger partial charge in [-0.3, -0.25) is 4.79 Å². The Morgan fingerprint density at radius 2 is 1.95 bits per heavy atom. The van der Waals surface area contributed by atoms with Crippen molar-refractivity contribution in [1.29, 1.82) is 0 Å². The first kappa shape index (κ1) is 17.5. The fourth-order valence-electron chi connectivity index (χ4n) is 2.75. The quantitative estimate of drug-likeness (QED) is 0.880. The predicted molar refractivity (Wildman–Crippen MR) is 92.5 cm³/mol. The standard InChI is InChI=1S/C16H23Cl2N3O/c1-16(2,19)10-21-7-5-11(6-8-21)15(22)20-12-3-4-13(17)14(18)9-12/h3-4,9,11H,5-8,10,19H2,1-2H3,(H,20,22). The van der Waals surface area contributed by atoms with Crippen LogP contribution in [0.15, 0.2) is 18.2 Å². The summed E-state index contributed by atoms with van der Waals surface area (Å²) in [5.41, 5.74) is 6.53. The van der Waals surface area contributed by atoms with Crippen LogP contribution in [0.2, 0.25) is 10.0 Å². The summed E-state index contributed by atoms with van der Waals surface area (Å²) in [4.78, 5) is 14.6. The molecule has 0 spiro atoms. The fraction of sp³-hybridized carbons (Fsp3) is 0.562. The van der Waals surface area contributed by atoms with Crippen LogP contribution in [0.4, 0.5) is 5.69 Å². The van der Waals surface area contributed by atoms with Crippen molar-refractivity contribution in [1.82, 2.24) is 4.90 Å². The van der Waals surface area contributed by atoms with Crippen LogP contribution in [0, 0.1) is 5.92 Å². The molecule has 0 radical (unpaired) electrons. The van der Waals surface area contributed by atoms with E-state index in [0.717, 1.165) is 32.5 Å². The van der Waals surface area contributed by atoms with Crippen molar-refractivity contribution < 1.29 is 4.79 Å². The molecule has 1 aromatic carbocycles. The molecule has 1 aliphatic heterocycles. The Kier molecular flexibility index (Phi) is 5.72. The van der Waals surface area contributed by atoms with Crippen LogP contribution in [0.1, 0.15) is 26.7 Å². The third-order valence-corrected chi connectivity index (χ3v) is 4.52. The van der Waals surface area contributed by atoms with E-state index in [2.05, 4.69) is 10.2 Å². The number of anilines is 1. The molecule has 1 heterocycles. The second kappa shape index (κ2) is 7.18. The highest BCUT2D eigenvalue weighted by Crippen LogP contribution is 2.26. The number of piperidine rings is 1. The Labute approximate surface area is 141 Å². The van der Waals surface area contributed by atoms with E-state index in [-0.39, 0.29) is 17.4 Å². The number of carbonyl (C=O) groups is 1.